The van der Waals surface area contributed by atoms with E-state index >= 15 is 0 Å². The summed E-state index contributed by atoms with van der Waals surface area (Å²) >= 11 is 0. The van der Waals surface area contributed by atoms with Gasteiger partial charge in [0.05, 0.1) is 5.56 Å². The van der Waals surface area contributed by atoms with Gasteiger partial charge in [-0.25, -0.2) is 0 Å². The van der Waals surface area contributed by atoms with Crippen LogP contribution in [0.25, 0.3) is 6.08 Å². The third-order valence-corrected chi connectivity index (χ3v) is 3.78. The number of carbonyl (C=O) groups excluding carboxylic acids is 2. The van der Waals surface area contributed by atoms with E-state index in [0.29, 0.717) is 10.5 Å². The van der Waals surface area contributed by atoms with Gasteiger partial charge in [-0.2, -0.15) is 26.3 Å². The van der Waals surface area contributed by atoms with Gasteiger partial charge in [-0.3, -0.25) is 9.59 Å². The van der Waals surface area contributed by atoms with Gasteiger partial charge in [-0.15, -0.1) is 0 Å². The maximum absolute atomic E-state index is 12.5. The van der Waals surface area contributed by atoms with Gasteiger partial charge in [0.25, 0.3) is 0 Å². The number of nitrogens with zero attached hydrogens (tertiary/aromatic N) is 2. The van der Waals surface area contributed by atoms with Gasteiger partial charge >= 0.3 is 18.3 Å². The van der Waals surface area contributed by atoms with Crippen molar-refractivity contribution in [2.24, 2.45) is 0 Å². The van der Waals surface area contributed by atoms with Crippen LogP contribution >= 0.6 is 0 Å². The van der Waals surface area contributed by atoms with Gasteiger partial charge in [0, 0.05) is 32.3 Å². The first-order chi connectivity index (χ1) is 12.0. The average Bonchev–Trinajstić information content (AvgIpc) is 2.58. The van der Waals surface area contributed by atoms with Gasteiger partial charge in [-0.1, -0.05) is 12.1 Å². The number of alkyl halides is 6. The zero-order valence-electron chi connectivity index (χ0n) is 13.3. The Morgan fingerprint density at radius 3 is 1.81 bits per heavy atom. The van der Waals surface area contributed by atoms with E-state index in [1.165, 1.54) is 23.1 Å². The maximum Gasteiger partial charge on any atom is 0.471 e. The molecule has 1 aliphatic heterocycles. The van der Waals surface area contributed by atoms with Crippen LogP contribution in [0.4, 0.5) is 26.3 Å². The average molecular weight is 380 g/mol. The number of piperazine rings is 1. The smallest absolute Gasteiger partial charge is 0.336 e. The molecule has 1 aromatic carbocycles. The molecule has 0 spiro atoms. The van der Waals surface area contributed by atoms with Crippen LogP contribution in [0.3, 0.4) is 0 Å². The van der Waals surface area contributed by atoms with Crippen LogP contribution in [0, 0.1) is 0 Å². The van der Waals surface area contributed by atoms with Gasteiger partial charge in [0.1, 0.15) is 0 Å². The van der Waals surface area contributed by atoms with E-state index in [9.17, 15) is 35.9 Å². The van der Waals surface area contributed by atoms with Crippen molar-refractivity contribution in [3.63, 3.8) is 0 Å². The van der Waals surface area contributed by atoms with E-state index in [-0.39, 0.29) is 26.2 Å². The summed E-state index contributed by atoms with van der Waals surface area (Å²) < 4.78 is 74.4. The molecule has 26 heavy (non-hydrogen) atoms. The Bertz CT molecular complexity index is 686. The lowest BCUT2D eigenvalue weighted by atomic mass is 10.1. The van der Waals surface area contributed by atoms with Crippen LogP contribution < -0.4 is 0 Å². The van der Waals surface area contributed by atoms with Crippen LogP contribution in [0.1, 0.15) is 11.1 Å². The Labute approximate surface area is 144 Å². The summed E-state index contributed by atoms with van der Waals surface area (Å²) in [7, 11) is 0. The molecular formula is C16H14F6N2O2. The Morgan fingerprint density at radius 2 is 1.35 bits per heavy atom. The molecule has 0 unspecified atom stereocenters. The fourth-order valence-corrected chi connectivity index (χ4v) is 2.37. The molecule has 1 saturated heterocycles. The lowest BCUT2D eigenvalue weighted by Gasteiger charge is -2.34. The van der Waals surface area contributed by atoms with E-state index < -0.39 is 29.7 Å². The molecule has 0 atom stereocenters. The van der Waals surface area contributed by atoms with E-state index in [4.69, 9.17) is 0 Å². The van der Waals surface area contributed by atoms with Crippen LogP contribution in [-0.2, 0) is 15.8 Å². The second kappa shape index (κ2) is 7.38. The highest BCUT2D eigenvalue weighted by Crippen LogP contribution is 2.29. The summed E-state index contributed by atoms with van der Waals surface area (Å²) in [5.41, 5.74) is -0.441. The molecule has 1 fully saturated rings. The predicted molar refractivity (Wildman–Crippen MR) is 79.7 cm³/mol. The third-order valence-electron chi connectivity index (χ3n) is 3.78. The van der Waals surface area contributed by atoms with Gasteiger partial charge in [0.2, 0.25) is 5.91 Å². The first-order valence-corrected chi connectivity index (χ1v) is 7.49. The molecule has 0 aromatic heterocycles. The van der Waals surface area contributed by atoms with Crippen molar-refractivity contribution in [2.75, 3.05) is 26.2 Å². The fourth-order valence-electron chi connectivity index (χ4n) is 2.37. The number of halogens is 6. The molecule has 10 heteroatoms. The van der Waals surface area contributed by atoms with Gasteiger partial charge in [-0.05, 0) is 23.8 Å². The topological polar surface area (TPSA) is 40.6 Å². The monoisotopic (exact) mass is 380 g/mol. The Kier molecular flexibility index (Phi) is 5.62. The van der Waals surface area contributed by atoms with Crippen LogP contribution in [0.5, 0.6) is 0 Å². The number of rotatable bonds is 2. The SMILES string of the molecule is O=C(/C=C/c1ccc(C(F)(F)F)cc1)N1CCN(C(=O)C(F)(F)F)CC1. The predicted octanol–water partition coefficient (Wildman–Crippen LogP) is 2.95. The van der Waals surface area contributed by atoms with Crippen LogP contribution in [-0.4, -0.2) is 54.0 Å². The number of carbonyl (C=O) groups is 2. The van der Waals surface area contributed by atoms with Crippen molar-refractivity contribution >= 4 is 17.9 Å². The van der Waals surface area contributed by atoms with Crippen molar-refractivity contribution in [2.45, 2.75) is 12.4 Å². The lowest BCUT2D eigenvalue weighted by Crippen LogP contribution is -2.53. The molecule has 0 saturated carbocycles. The molecule has 1 heterocycles. The Balaban J connectivity index is 1.91. The summed E-state index contributed by atoms with van der Waals surface area (Å²) in [6.07, 6.45) is -6.96. The second-order valence-electron chi connectivity index (χ2n) is 5.57. The molecule has 142 valence electrons. The van der Waals surface area contributed by atoms with Crippen molar-refractivity contribution in [3.8, 4) is 0 Å². The molecule has 0 bridgehead atoms. The minimum Gasteiger partial charge on any atom is -0.336 e. The minimum absolute atomic E-state index is 0.0575. The summed E-state index contributed by atoms with van der Waals surface area (Å²) in [6.45, 7) is -0.591. The van der Waals surface area contributed by atoms with E-state index in [1.807, 2.05) is 0 Å². The van der Waals surface area contributed by atoms with Gasteiger partial charge < -0.3 is 9.80 Å². The van der Waals surface area contributed by atoms with Crippen molar-refractivity contribution < 1.29 is 35.9 Å². The second-order valence-corrected chi connectivity index (χ2v) is 5.57. The first kappa shape index (κ1) is 19.8. The fraction of sp³-hybridized carbons (Fsp3) is 0.375. The Morgan fingerprint density at radius 1 is 0.846 bits per heavy atom. The highest BCUT2D eigenvalue weighted by atomic mass is 19.4. The molecule has 2 rings (SSSR count). The summed E-state index contributed by atoms with van der Waals surface area (Å²) in [5.74, 6) is -2.44. The maximum atomic E-state index is 12.5. The standard InChI is InChI=1S/C16H14F6N2O2/c17-15(18,19)12-4-1-11(2-5-12)3-6-13(25)23-7-9-24(10-8-23)14(26)16(20,21)22/h1-6H,7-10H2/b6-3+. The molecule has 0 aliphatic carbocycles. The largest absolute Gasteiger partial charge is 0.471 e. The quantitative estimate of drug-likeness (QED) is 0.585. The zero-order chi connectivity index (χ0) is 19.5. The number of hydrogen-bond donors (Lipinski definition) is 0. The van der Waals surface area contributed by atoms with Crippen LogP contribution in [0.15, 0.2) is 30.3 Å². The number of amides is 2. The number of hydrogen-bond acceptors (Lipinski definition) is 2. The molecule has 1 aromatic rings. The molecule has 2 amide bonds. The molecule has 0 N–H and O–H groups in total. The highest BCUT2D eigenvalue weighted by Gasteiger charge is 2.43. The molecular weight excluding hydrogens is 366 g/mol. The van der Waals surface area contributed by atoms with Crippen molar-refractivity contribution in [1.29, 1.82) is 0 Å². The summed E-state index contributed by atoms with van der Waals surface area (Å²) in [5, 5.41) is 0. The zero-order valence-corrected chi connectivity index (χ0v) is 13.3. The minimum atomic E-state index is -4.95. The number of benzene rings is 1. The van der Waals surface area contributed by atoms with E-state index in [1.54, 1.807) is 0 Å². The molecule has 4 nitrogen and oxygen atoms in total. The lowest BCUT2D eigenvalue weighted by molar-refractivity contribution is -0.187. The summed E-state index contributed by atoms with van der Waals surface area (Å²) in [6, 6.07) is 4.16. The normalized spacial score (nSPS) is 16.2. The van der Waals surface area contributed by atoms with Gasteiger partial charge in [0.15, 0.2) is 0 Å². The third kappa shape index (κ3) is 4.99. The Hall–Kier alpha value is -2.52. The van der Waals surface area contributed by atoms with Crippen molar-refractivity contribution in [3.05, 3.63) is 41.5 Å². The van der Waals surface area contributed by atoms with Crippen LogP contribution in [0.2, 0.25) is 0 Å². The van der Waals surface area contributed by atoms with E-state index in [2.05, 4.69) is 0 Å². The first-order valence-electron chi connectivity index (χ1n) is 7.49. The highest BCUT2D eigenvalue weighted by molar-refractivity contribution is 5.92. The van der Waals surface area contributed by atoms with Crippen molar-refractivity contribution in [1.82, 2.24) is 9.80 Å². The molecule has 1 aliphatic rings. The molecule has 0 radical (unpaired) electrons. The van der Waals surface area contributed by atoms with E-state index in [0.717, 1.165) is 18.2 Å². The summed E-state index contributed by atoms with van der Waals surface area (Å²) in [4.78, 5) is 25.0.